The fourth-order valence-electron chi connectivity index (χ4n) is 4.96. The van der Waals surface area contributed by atoms with E-state index in [-0.39, 0.29) is 5.91 Å². The lowest BCUT2D eigenvalue weighted by Crippen LogP contribution is -2.48. The first-order valence-corrected chi connectivity index (χ1v) is 12.5. The third-order valence-electron chi connectivity index (χ3n) is 7.53. The summed E-state index contributed by atoms with van der Waals surface area (Å²) >= 11 is 0. The van der Waals surface area contributed by atoms with Crippen molar-refractivity contribution in [3.8, 4) is 11.4 Å². The number of nitrogens with one attached hydrogen (secondary N) is 1. The normalized spacial score (nSPS) is 18.6. The van der Waals surface area contributed by atoms with E-state index in [1.54, 1.807) is 17.2 Å². The van der Waals surface area contributed by atoms with Gasteiger partial charge in [0.25, 0.3) is 5.91 Å². The molecule has 1 N–H and O–H groups in total. The largest absolute Gasteiger partial charge is 0.492 e. The highest BCUT2D eigenvalue weighted by atomic mass is 16.5. The average Bonchev–Trinajstić information content (AvgIpc) is 3.42. The smallest absolute Gasteiger partial charge is 0.252 e. The Morgan fingerprint density at radius 1 is 1.11 bits per heavy atom. The van der Waals surface area contributed by atoms with Crippen molar-refractivity contribution < 1.29 is 9.53 Å². The molecule has 2 aromatic heterocycles. The van der Waals surface area contributed by atoms with Gasteiger partial charge in [0, 0.05) is 22.7 Å². The Morgan fingerprint density at radius 3 is 2.61 bits per heavy atom. The van der Waals surface area contributed by atoms with Crippen LogP contribution in [-0.4, -0.2) is 57.0 Å². The Balaban J connectivity index is 1.31. The SMILES string of the molecule is Cc1ccc2c(C3(NC(=O)c4cc(OC[C@@H]5CCN5C)ccc4C)CC3)cc(-n3nccn3)cc2n1. The number of hydrogen-bond donors (Lipinski definition) is 1. The van der Waals surface area contributed by atoms with Crippen molar-refractivity contribution >= 4 is 16.8 Å². The maximum atomic E-state index is 13.6. The van der Waals surface area contributed by atoms with Gasteiger partial charge in [-0.3, -0.25) is 14.7 Å². The minimum Gasteiger partial charge on any atom is -0.492 e. The number of nitrogens with zero attached hydrogens (tertiary/aromatic N) is 5. The van der Waals surface area contributed by atoms with Gasteiger partial charge in [0.05, 0.1) is 29.1 Å². The van der Waals surface area contributed by atoms with Crippen LogP contribution in [0.4, 0.5) is 0 Å². The molecular formula is C28H30N6O2. The van der Waals surface area contributed by atoms with Gasteiger partial charge in [-0.05, 0) is 88.2 Å². The molecule has 3 heterocycles. The van der Waals surface area contributed by atoms with Crippen LogP contribution in [0.5, 0.6) is 5.75 Å². The lowest BCUT2D eigenvalue weighted by atomic mass is 9.97. The molecule has 6 rings (SSSR count). The highest BCUT2D eigenvalue weighted by molar-refractivity contribution is 5.97. The molecule has 8 nitrogen and oxygen atoms in total. The molecule has 1 aliphatic carbocycles. The molecule has 8 heteroatoms. The molecule has 0 radical (unpaired) electrons. The zero-order chi connectivity index (χ0) is 24.9. The number of hydrogen-bond acceptors (Lipinski definition) is 6. The molecule has 1 atom stereocenters. The number of pyridine rings is 1. The predicted molar refractivity (Wildman–Crippen MR) is 137 cm³/mol. The summed E-state index contributed by atoms with van der Waals surface area (Å²) in [6.07, 6.45) is 6.18. The van der Waals surface area contributed by atoms with E-state index in [0.29, 0.717) is 18.2 Å². The number of likely N-dealkylation sites (tertiary alicyclic amines) is 1. The first-order chi connectivity index (χ1) is 17.4. The second kappa shape index (κ2) is 8.71. The number of ether oxygens (including phenoxy) is 1. The number of carbonyl (C=O) groups excluding carboxylic acids is 1. The van der Waals surface area contributed by atoms with Crippen molar-refractivity contribution in [2.24, 2.45) is 0 Å². The summed E-state index contributed by atoms with van der Waals surface area (Å²) < 4.78 is 6.04. The van der Waals surface area contributed by atoms with Gasteiger partial charge in [0.1, 0.15) is 12.4 Å². The summed E-state index contributed by atoms with van der Waals surface area (Å²) in [4.78, 5) is 22.2. The molecule has 1 amide bonds. The Morgan fingerprint density at radius 2 is 1.92 bits per heavy atom. The van der Waals surface area contributed by atoms with Crippen LogP contribution in [0.3, 0.4) is 0 Å². The van der Waals surface area contributed by atoms with Gasteiger partial charge in [-0.15, -0.1) is 0 Å². The Labute approximate surface area is 210 Å². The second-order valence-corrected chi connectivity index (χ2v) is 10.1. The average molecular weight is 483 g/mol. The fraction of sp³-hybridized carbons (Fsp3) is 0.357. The minimum atomic E-state index is -0.451. The van der Waals surface area contributed by atoms with Gasteiger partial charge in [0.2, 0.25) is 0 Å². The van der Waals surface area contributed by atoms with Crippen molar-refractivity contribution in [3.05, 3.63) is 77.2 Å². The van der Waals surface area contributed by atoms with Gasteiger partial charge in [-0.25, -0.2) is 0 Å². The van der Waals surface area contributed by atoms with Crippen molar-refractivity contribution in [1.29, 1.82) is 0 Å². The highest BCUT2D eigenvalue weighted by Gasteiger charge is 2.47. The summed E-state index contributed by atoms with van der Waals surface area (Å²) in [6.45, 7) is 5.69. The Hall–Kier alpha value is -3.78. The van der Waals surface area contributed by atoms with Crippen LogP contribution in [0, 0.1) is 13.8 Å². The van der Waals surface area contributed by atoms with Crippen LogP contribution < -0.4 is 10.1 Å². The van der Waals surface area contributed by atoms with Gasteiger partial charge in [0.15, 0.2) is 0 Å². The fourth-order valence-corrected chi connectivity index (χ4v) is 4.96. The maximum absolute atomic E-state index is 13.6. The lowest BCUT2D eigenvalue weighted by Gasteiger charge is -2.37. The van der Waals surface area contributed by atoms with E-state index < -0.39 is 5.54 Å². The van der Waals surface area contributed by atoms with Crippen LogP contribution in [0.15, 0.2) is 54.9 Å². The third-order valence-corrected chi connectivity index (χ3v) is 7.53. The number of rotatable bonds is 7. The number of amides is 1. The summed E-state index contributed by atoms with van der Waals surface area (Å²) in [5.41, 5.74) is 4.80. The number of aromatic nitrogens is 4. The number of fused-ring (bicyclic) bond motifs is 1. The predicted octanol–water partition coefficient (Wildman–Crippen LogP) is 3.93. The van der Waals surface area contributed by atoms with Crippen molar-refractivity contribution in [2.45, 2.75) is 44.7 Å². The first-order valence-electron chi connectivity index (χ1n) is 12.5. The molecule has 1 saturated heterocycles. The van der Waals surface area contributed by atoms with E-state index in [1.165, 1.54) is 0 Å². The number of aryl methyl sites for hydroxylation is 2. The molecule has 2 aliphatic rings. The van der Waals surface area contributed by atoms with Gasteiger partial charge < -0.3 is 10.1 Å². The monoisotopic (exact) mass is 482 g/mol. The summed E-state index contributed by atoms with van der Waals surface area (Å²) in [5, 5.41) is 13.0. The summed E-state index contributed by atoms with van der Waals surface area (Å²) in [5.74, 6) is 0.639. The van der Waals surface area contributed by atoms with E-state index in [0.717, 1.165) is 65.0 Å². The van der Waals surface area contributed by atoms with Gasteiger partial charge in [-0.2, -0.15) is 15.0 Å². The maximum Gasteiger partial charge on any atom is 0.252 e. The summed E-state index contributed by atoms with van der Waals surface area (Å²) in [7, 11) is 2.11. The molecule has 2 fully saturated rings. The first kappa shape index (κ1) is 22.7. The molecule has 184 valence electrons. The van der Waals surface area contributed by atoms with E-state index in [9.17, 15) is 4.79 Å². The zero-order valence-corrected chi connectivity index (χ0v) is 20.9. The molecule has 0 unspecified atom stereocenters. The van der Waals surface area contributed by atoms with Crippen LogP contribution >= 0.6 is 0 Å². The molecule has 1 aliphatic heterocycles. The third kappa shape index (κ3) is 4.11. The number of likely N-dealkylation sites (N-methyl/N-ethyl adjacent to an activating group) is 1. The molecule has 4 aromatic rings. The van der Waals surface area contributed by atoms with E-state index in [2.05, 4.69) is 39.6 Å². The van der Waals surface area contributed by atoms with Gasteiger partial charge in [-0.1, -0.05) is 12.1 Å². The quantitative estimate of drug-likeness (QED) is 0.430. The summed E-state index contributed by atoms with van der Waals surface area (Å²) in [6, 6.07) is 14.4. The standard InChI is InChI=1S/C28H30N6O2/c1-18-4-6-22(36-17-20-8-13-33(20)3)16-24(18)27(35)32-28(9-10-28)25-14-21(34-29-11-12-30-34)15-26-23(25)7-5-19(2)31-26/h4-7,11-12,14-16,20H,8-10,13,17H2,1-3H3,(H,32,35)/t20-/m0/s1. The van der Waals surface area contributed by atoms with Crippen LogP contribution in [0.2, 0.25) is 0 Å². The molecule has 0 bridgehead atoms. The Kier molecular flexibility index (Phi) is 5.48. The molecule has 0 spiro atoms. The molecule has 2 aromatic carbocycles. The van der Waals surface area contributed by atoms with Crippen molar-refractivity contribution in [1.82, 2.24) is 30.2 Å². The Bertz CT molecular complexity index is 1440. The highest BCUT2D eigenvalue weighted by Crippen LogP contribution is 2.48. The van der Waals surface area contributed by atoms with Gasteiger partial charge >= 0.3 is 0 Å². The lowest BCUT2D eigenvalue weighted by molar-refractivity contribution is 0.0767. The van der Waals surface area contributed by atoms with E-state index >= 15 is 0 Å². The molecule has 36 heavy (non-hydrogen) atoms. The zero-order valence-electron chi connectivity index (χ0n) is 20.9. The molecular weight excluding hydrogens is 452 g/mol. The second-order valence-electron chi connectivity index (χ2n) is 10.1. The van der Waals surface area contributed by atoms with Crippen LogP contribution in [0.1, 0.15) is 46.4 Å². The van der Waals surface area contributed by atoms with Crippen LogP contribution in [0.25, 0.3) is 16.6 Å². The van der Waals surface area contributed by atoms with E-state index in [4.69, 9.17) is 9.72 Å². The topological polar surface area (TPSA) is 85.2 Å². The van der Waals surface area contributed by atoms with E-state index in [1.807, 2.05) is 44.2 Å². The number of benzene rings is 2. The minimum absolute atomic E-state index is 0.0907. The van der Waals surface area contributed by atoms with Crippen molar-refractivity contribution in [3.63, 3.8) is 0 Å². The van der Waals surface area contributed by atoms with Crippen molar-refractivity contribution in [2.75, 3.05) is 20.2 Å². The van der Waals surface area contributed by atoms with Crippen LogP contribution in [-0.2, 0) is 5.54 Å². The number of carbonyl (C=O) groups is 1. The molecule has 1 saturated carbocycles.